The minimum absolute atomic E-state index is 0.0275. The van der Waals surface area contributed by atoms with Gasteiger partial charge >= 0.3 is 6.03 Å². The maximum atomic E-state index is 11.9. The molecule has 2 amide bonds. The van der Waals surface area contributed by atoms with E-state index in [2.05, 4.69) is 15.7 Å². The molecule has 0 aliphatic carbocycles. The molecule has 2 aromatic rings. The largest absolute Gasteiger partial charge is 0.376 e. The second kappa shape index (κ2) is 7.28. The number of hydrogen-bond donors (Lipinski definition) is 2. The number of nitrogens with one attached hydrogen (secondary N) is 2. The van der Waals surface area contributed by atoms with Crippen LogP contribution in [0.5, 0.6) is 0 Å². The quantitative estimate of drug-likeness (QED) is 0.889. The number of urea groups is 1. The maximum absolute atomic E-state index is 11.9. The van der Waals surface area contributed by atoms with Crippen LogP contribution >= 0.6 is 0 Å². The summed E-state index contributed by atoms with van der Waals surface area (Å²) in [5.74, 6) is 0. The number of nitrogens with zero attached hydrogens (tertiary/aromatic N) is 2. The Morgan fingerprint density at radius 3 is 2.91 bits per heavy atom. The maximum Gasteiger partial charge on any atom is 0.315 e. The number of rotatable bonds is 5. The molecule has 6 heteroatoms. The first-order chi connectivity index (χ1) is 11.2. The van der Waals surface area contributed by atoms with Gasteiger partial charge in [0.15, 0.2) is 0 Å². The summed E-state index contributed by atoms with van der Waals surface area (Å²) in [6.07, 6.45) is 5.86. The van der Waals surface area contributed by atoms with Crippen LogP contribution in [0, 0.1) is 0 Å². The molecule has 2 N–H and O–H groups in total. The summed E-state index contributed by atoms with van der Waals surface area (Å²) in [5.41, 5.74) is 2.04. The minimum Gasteiger partial charge on any atom is -0.376 e. The van der Waals surface area contributed by atoms with Gasteiger partial charge in [0.05, 0.1) is 17.8 Å². The molecule has 0 spiro atoms. The summed E-state index contributed by atoms with van der Waals surface area (Å²) >= 11 is 0. The third kappa shape index (κ3) is 4.10. The molecule has 0 saturated carbocycles. The third-order valence-electron chi connectivity index (χ3n) is 4.04. The lowest BCUT2D eigenvalue weighted by Gasteiger charge is -2.20. The number of amides is 2. The highest BCUT2D eigenvalue weighted by Crippen LogP contribution is 2.15. The van der Waals surface area contributed by atoms with Crippen molar-refractivity contribution in [2.24, 2.45) is 0 Å². The monoisotopic (exact) mass is 314 g/mol. The Hall–Kier alpha value is -2.34. The standard InChI is InChI=1S/C17H22N4O2/c1-13(16-4-2-11-23-16)20-17(22)18-12-14-5-7-15(8-6-14)21-10-3-9-19-21/h3,5-10,13,16H,2,4,11-12H2,1H3,(H2,18,20,22)/t13-,16+/m0/s1. The van der Waals surface area contributed by atoms with E-state index in [-0.39, 0.29) is 18.2 Å². The van der Waals surface area contributed by atoms with E-state index in [9.17, 15) is 4.79 Å². The van der Waals surface area contributed by atoms with Crippen LogP contribution in [0.2, 0.25) is 0 Å². The summed E-state index contributed by atoms with van der Waals surface area (Å²) in [7, 11) is 0. The lowest BCUT2D eigenvalue weighted by Crippen LogP contribution is -2.45. The van der Waals surface area contributed by atoms with Crippen LogP contribution in [0.15, 0.2) is 42.7 Å². The average molecular weight is 314 g/mol. The second-order valence-corrected chi connectivity index (χ2v) is 5.78. The van der Waals surface area contributed by atoms with Gasteiger partial charge in [-0.2, -0.15) is 5.10 Å². The molecular formula is C17H22N4O2. The molecule has 1 aliphatic rings. The molecule has 1 aromatic carbocycles. The van der Waals surface area contributed by atoms with E-state index in [1.807, 2.05) is 43.5 Å². The van der Waals surface area contributed by atoms with Gasteiger partial charge in [-0.05, 0) is 43.5 Å². The van der Waals surface area contributed by atoms with Crippen molar-refractivity contribution in [3.8, 4) is 5.69 Å². The van der Waals surface area contributed by atoms with Gasteiger partial charge in [-0.1, -0.05) is 12.1 Å². The van der Waals surface area contributed by atoms with Crippen molar-refractivity contribution >= 4 is 6.03 Å². The van der Waals surface area contributed by atoms with E-state index in [0.29, 0.717) is 6.54 Å². The molecule has 122 valence electrons. The van der Waals surface area contributed by atoms with Crippen LogP contribution in [-0.4, -0.2) is 34.6 Å². The molecule has 3 rings (SSSR count). The Morgan fingerprint density at radius 1 is 1.43 bits per heavy atom. The molecule has 1 fully saturated rings. The molecule has 0 unspecified atom stereocenters. The van der Waals surface area contributed by atoms with E-state index >= 15 is 0 Å². The number of carbonyl (C=O) groups excluding carboxylic acids is 1. The normalized spacial score (nSPS) is 18.6. The fourth-order valence-electron chi connectivity index (χ4n) is 2.72. The van der Waals surface area contributed by atoms with E-state index in [4.69, 9.17) is 4.74 Å². The summed E-state index contributed by atoms with van der Waals surface area (Å²) in [5, 5.41) is 10.0. The number of ether oxygens (including phenoxy) is 1. The highest BCUT2D eigenvalue weighted by Gasteiger charge is 2.23. The van der Waals surface area contributed by atoms with Crippen molar-refractivity contribution < 1.29 is 9.53 Å². The molecule has 2 atom stereocenters. The molecule has 1 aliphatic heterocycles. The van der Waals surface area contributed by atoms with Crippen molar-refractivity contribution in [1.82, 2.24) is 20.4 Å². The van der Waals surface area contributed by atoms with Crippen LogP contribution in [0.3, 0.4) is 0 Å². The van der Waals surface area contributed by atoms with Gasteiger partial charge in [-0.15, -0.1) is 0 Å². The van der Waals surface area contributed by atoms with Crippen LogP contribution in [0.25, 0.3) is 5.69 Å². The van der Waals surface area contributed by atoms with Crippen LogP contribution in [0.1, 0.15) is 25.3 Å². The zero-order valence-corrected chi connectivity index (χ0v) is 13.2. The summed E-state index contributed by atoms with van der Waals surface area (Å²) in [6, 6.07) is 9.69. The molecule has 23 heavy (non-hydrogen) atoms. The van der Waals surface area contributed by atoms with Crippen LogP contribution < -0.4 is 10.6 Å². The fourth-order valence-corrected chi connectivity index (χ4v) is 2.72. The first-order valence-electron chi connectivity index (χ1n) is 7.97. The predicted molar refractivity (Wildman–Crippen MR) is 87.4 cm³/mol. The number of hydrogen-bond acceptors (Lipinski definition) is 3. The van der Waals surface area contributed by atoms with E-state index in [0.717, 1.165) is 30.7 Å². The second-order valence-electron chi connectivity index (χ2n) is 5.78. The van der Waals surface area contributed by atoms with Gasteiger partial charge in [0.1, 0.15) is 0 Å². The molecule has 0 bridgehead atoms. The smallest absolute Gasteiger partial charge is 0.315 e. The third-order valence-corrected chi connectivity index (χ3v) is 4.04. The van der Waals surface area contributed by atoms with Gasteiger partial charge in [-0.25, -0.2) is 9.48 Å². The topological polar surface area (TPSA) is 68.2 Å². The first kappa shape index (κ1) is 15.6. The molecule has 6 nitrogen and oxygen atoms in total. The fraction of sp³-hybridized carbons (Fsp3) is 0.412. The van der Waals surface area contributed by atoms with Crippen molar-refractivity contribution in [1.29, 1.82) is 0 Å². The minimum atomic E-state index is -0.163. The Morgan fingerprint density at radius 2 is 2.26 bits per heavy atom. The van der Waals surface area contributed by atoms with Gasteiger partial charge in [0.25, 0.3) is 0 Å². The van der Waals surface area contributed by atoms with Crippen molar-refractivity contribution in [2.75, 3.05) is 6.61 Å². The van der Waals surface area contributed by atoms with Crippen molar-refractivity contribution in [2.45, 2.75) is 38.5 Å². The van der Waals surface area contributed by atoms with E-state index in [1.165, 1.54) is 0 Å². The van der Waals surface area contributed by atoms with E-state index in [1.54, 1.807) is 10.9 Å². The number of carbonyl (C=O) groups is 1. The van der Waals surface area contributed by atoms with Gasteiger partial charge in [-0.3, -0.25) is 0 Å². The molecule has 0 radical (unpaired) electrons. The van der Waals surface area contributed by atoms with E-state index < -0.39 is 0 Å². The summed E-state index contributed by atoms with van der Waals surface area (Å²) < 4.78 is 7.38. The highest BCUT2D eigenvalue weighted by atomic mass is 16.5. The Balaban J connectivity index is 1.47. The highest BCUT2D eigenvalue weighted by molar-refractivity contribution is 5.74. The van der Waals surface area contributed by atoms with Gasteiger partial charge in [0.2, 0.25) is 0 Å². The van der Waals surface area contributed by atoms with Crippen molar-refractivity contribution in [3.63, 3.8) is 0 Å². The summed E-state index contributed by atoms with van der Waals surface area (Å²) in [4.78, 5) is 11.9. The van der Waals surface area contributed by atoms with Crippen LogP contribution in [-0.2, 0) is 11.3 Å². The molecular weight excluding hydrogens is 292 g/mol. The number of benzene rings is 1. The predicted octanol–water partition coefficient (Wildman–Crippen LogP) is 2.24. The van der Waals surface area contributed by atoms with Gasteiger partial charge in [0, 0.05) is 25.5 Å². The Labute approximate surface area is 135 Å². The average Bonchev–Trinajstić information content (AvgIpc) is 3.26. The molecule has 1 aromatic heterocycles. The first-order valence-corrected chi connectivity index (χ1v) is 7.97. The zero-order chi connectivity index (χ0) is 16.1. The van der Waals surface area contributed by atoms with Gasteiger partial charge < -0.3 is 15.4 Å². The summed E-state index contributed by atoms with van der Waals surface area (Å²) in [6.45, 7) is 3.26. The zero-order valence-electron chi connectivity index (χ0n) is 13.2. The lowest BCUT2D eigenvalue weighted by atomic mass is 10.1. The molecule has 1 saturated heterocycles. The lowest BCUT2D eigenvalue weighted by molar-refractivity contribution is 0.0860. The Kier molecular flexibility index (Phi) is 4.92. The van der Waals surface area contributed by atoms with Crippen molar-refractivity contribution in [3.05, 3.63) is 48.3 Å². The Bertz CT molecular complexity index is 619. The van der Waals surface area contributed by atoms with Crippen LogP contribution in [0.4, 0.5) is 4.79 Å². The SMILES string of the molecule is C[C@H](NC(=O)NCc1ccc(-n2cccn2)cc1)[C@H]1CCCO1. The molecule has 2 heterocycles. The number of aromatic nitrogens is 2.